The summed E-state index contributed by atoms with van der Waals surface area (Å²) in [5.41, 5.74) is 0.322. The second kappa shape index (κ2) is 5.29. The number of benzene rings is 1. The molecule has 4 heteroatoms. The van der Waals surface area contributed by atoms with Gasteiger partial charge >= 0.3 is 0 Å². The van der Waals surface area contributed by atoms with Crippen molar-refractivity contribution in [1.29, 1.82) is 0 Å². The molecule has 0 saturated carbocycles. The molecule has 1 amide bonds. The maximum atomic E-state index is 12.4. The fourth-order valence-electron chi connectivity index (χ4n) is 2.41. The summed E-state index contributed by atoms with van der Waals surface area (Å²) in [6.45, 7) is 2.81. The van der Waals surface area contributed by atoms with Crippen molar-refractivity contribution in [1.82, 2.24) is 4.90 Å². The van der Waals surface area contributed by atoms with Gasteiger partial charge in [0.05, 0.1) is 12.7 Å². The molecule has 0 radical (unpaired) electrons. The van der Waals surface area contributed by atoms with Gasteiger partial charge in [0.1, 0.15) is 0 Å². The van der Waals surface area contributed by atoms with Gasteiger partial charge in [0, 0.05) is 12.6 Å². The molecule has 0 spiro atoms. The Bertz CT molecular complexity index is 445. The first-order valence-corrected chi connectivity index (χ1v) is 6.32. The van der Waals surface area contributed by atoms with Crippen LogP contribution in [0.4, 0.5) is 0 Å². The van der Waals surface area contributed by atoms with Gasteiger partial charge in [0.15, 0.2) is 11.5 Å². The molecule has 1 saturated heterocycles. The van der Waals surface area contributed by atoms with Crippen LogP contribution in [0.1, 0.15) is 36.5 Å². The van der Waals surface area contributed by atoms with E-state index in [1.165, 1.54) is 7.11 Å². The van der Waals surface area contributed by atoms with E-state index in [1.807, 2.05) is 11.8 Å². The highest BCUT2D eigenvalue weighted by molar-refractivity contribution is 5.97. The third-order valence-electron chi connectivity index (χ3n) is 3.51. The molecule has 98 valence electrons. The standard InChI is InChI=1S/C14H19NO3/c1-10-6-3-4-9-15(10)14(17)11-7-5-8-12(18-2)13(11)16/h5,7-8,10,16H,3-4,6,9H2,1-2H3. The van der Waals surface area contributed by atoms with Gasteiger partial charge in [0.2, 0.25) is 0 Å². The quantitative estimate of drug-likeness (QED) is 0.875. The van der Waals surface area contributed by atoms with Crippen molar-refractivity contribution >= 4 is 5.91 Å². The molecule has 1 heterocycles. The number of nitrogens with zero attached hydrogens (tertiary/aromatic N) is 1. The molecular formula is C14H19NO3. The van der Waals surface area contributed by atoms with Crippen LogP contribution in [0.25, 0.3) is 0 Å². The van der Waals surface area contributed by atoms with Crippen LogP contribution < -0.4 is 4.74 Å². The van der Waals surface area contributed by atoms with Gasteiger partial charge < -0.3 is 14.7 Å². The Morgan fingerprint density at radius 2 is 2.22 bits per heavy atom. The Morgan fingerprint density at radius 3 is 2.89 bits per heavy atom. The lowest BCUT2D eigenvalue weighted by molar-refractivity contribution is 0.0632. The summed E-state index contributed by atoms with van der Waals surface area (Å²) in [4.78, 5) is 14.2. The molecule has 18 heavy (non-hydrogen) atoms. The highest BCUT2D eigenvalue weighted by Crippen LogP contribution is 2.31. The van der Waals surface area contributed by atoms with E-state index in [0.29, 0.717) is 11.3 Å². The summed E-state index contributed by atoms with van der Waals surface area (Å²) in [5, 5.41) is 10.0. The van der Waals surface area contributed by atoms with Gasteiger partial charge in [-0.2, -0.15) is 0 Å². The average Bonchev–Trinajstić information content (AvgIpc) is 2.39. The first-order valence-electron chi connectivity index (χ1n) is 6.32. The number of methoxy groups -OCH3 is 1. The largest absolute Gasteiger partial charge is 0.504 e. The highest BCUT2D eigenvalue weighted by Gasteiger charge is 2.26. The number of likely N-dealkylation sites (tertiary alicyclic amines) is 1. The molecule has 1 aromatic rings. The zero-order valence-electron chi connectivity index (χ0n) is 10.8. The summed E-state index contributed by atoms with van der Waals surface area (Å²) in [6, 6.07) is 5.24. The van der Waals surface area contributed by atoms with E-state index >= 15 is 0 Å². The molecule has 0 bridgehead atoms. The zero-order valence-corrected chi connectivity index (χ0v) is 10.8. The SMILES string of the molecule is COc1cccc(C(=O)N2CCCCC2C)c1O. The van der Waals surface area contributed by atoms with E-state index in [4.69, 9.17) is 4.74 Å². The molecular weight excluding hydrogens is 230 g/mol. The minimum atomic E-state index is -0.112. The number of aromatic hydroxyl groups is 1. The molecule has 1 fully saturated rings. The number of carbonyl (C=O) groups is 1. The van der Waals surface area contributed by atoms with E-state index in [-0.39, 0.29) is 17.7 Å². The number of phenols is 1. The number of ether oxygens (including phenoxy) is 1. The van der Waals surface area contributed by atoms with Crippen molar-refractivity contribution in [2.45, 2.75) is 32.2 Å². The molecule has 1 aliphatic heterocycles. The second-order valence-corrected chi connectivity index (χ2v) is 4.70. The zero-order chi connectivity index (χ0) is 13.1. The molecule has 1 aliphatic rings. The first kappa shape index (κ1) is 12.7. The normalized spacial score (nSPS) is 19.7. The molecule has 4 nitrogen and oxygen atoms in total. The van der Waals surface area contributed by atoms with Crippen LogP contribution in [-0.4, -0.2) is 35.6 Å². The van der Waals surface area contributed by atoms with Crippen LogP contribution >= 0.6 is 0 Å². The van der Waals surface area contributed by atoms with E-state index in [1.54, 1.807) is 18.2 Å². The summed E-state index contributed by atoms with van der Waals surface area (Å²) >= 11 is 0. The molecule has 1 aromatic carbocycles. The molecule has 1 N–H and O–H groups in total. The number of rotatable bonds is 2. The van der Waals surface area contributed by atoms with E-state index in [9.17, 15) is 9.90 Å². The van der Waals surface area contributed by atoms with Crippen LogP contribution in [0.2, 0.25) is 0 Å². The fourth-order valence-corrected chi connectivity index (χ4v) is 2.41. The van der Waals surface area contributed by atoms with Crippen molar-refractivity contribution in [3.63, 3.8) is 0 Å². The Labute approximate surface area is 107 Å². The smallest absolute Gasteiger partial charge is 0.257 e. The number of phenolic OH excluding ortho intramolecular Hbond substituents is 1. The summed E-state index contributed by atoms with van der Waals surface area (Å²) < 4.78 is 5.03. The van der Waals surface area contributed by atoms with Crippen molar-refractivity contribution in [3.05, 3.63) is 23.8 Å². The molecule has 0 aliphatic carbocycles. The van der Waals surface area contributed by atoms with E-state index < -0.39 is 0 Å². The Kier molecular flexibility index (Phi) is 3.75. The predicted molar refractivity (Wildman–Crippen MR) is 69.0 cm³/mol. The molecule has 2 rings (SSSR count). The highest BCUT2D eigenvalue weighted by atomic mass is 16.5. The predicted octanol–water partition coefficient (Wildman–Crippen LogP) is 2.42. The fraction of sp³-hybridized carbons (Fsp3) is 0.500. The van der Waals surface area contributed by atoms with Crippen LogP contribution in [0.3, 0.4) is 0 Å². The van der Waals surface area contributed by atoms with Gasteiger partial charge in [-0.3, -0.25) is 4.79 Å². The van der Waals surface area contributed by atoms with Crippen molar-refractivity contribution < 1.29 is 14.6 Å². The first-order chi connectivity index (χ1) is 8.65. The monoisotopic (exact) mass is 249 g/mol. The average molecular weight is 249 g/mol. The van der Waals surface area contributed by atoms with Crippen molar-refractivity contribution in [3.8, 4) is 11.5 Å². The summed E-state index contributed by atoms with van der Waals surface area (Å²) in [6.07, 6.45) is 3.21. The second-order valence-electron chi connectivity index (χ2n) is 4.70. The van der Waals surface area contributed by atoms with Gasteiger partial charge in [-0.15, -0.1) is 0 Å². The number of hydrogen-bond acceptors (Lipinski definition) is 3. The Hall–Kier alpha value is -1.71. The number of hydrogen-bond donors (Lipinski definition) is 1. The van der Waals surface area contributed by atoms with Crippen LogP contribution in [0.5, 0.6) is 11.5 Å². The van der Waals surface area contributed by atoms with Crippen LogP contribution in [0, 0.1) is 0 Å². The van der Waals surface area contributed by atoms with E-state index in [2.05, 4.69) is 0 Å². The minimum absolute atomic E-state index is 0.0669. The van der Waals surface area contributed by atoms with Gasteiger partial charge in [-0.1, -0.05) is 6.07 Å². The third kappa shape index (κ3) is 2.28. The lowest BCUT2D eigenvalue weighted by Gasteiger charge is -2.33. The van der Waals surface area contributed by atoms with E-state index in [0.717, 1.165) is 25.8 Å². The van der Waals surface area contributed by atoms with Gasteiger partial charge in [0.25, 0.3) is 5.91 Å². The number of carbonyl (C=O) groups excluding carboxylic acids is 1. The van der Waals surface area contributed by atoms with Crippen molar-refractivity contribution in [2.75, 3.05) is 13.7 Å². The molecule has 0 aromatic heterocycles. The summed E-state index contributed by atoms with van der Waals surface area (Å²) in [7, 11) is 1.48. The summed E-state index contributed by atoms with van der Waals surface area (Å²) in [5.74, 6) is 0.159. The lowest BCUT2D eigenvalue weighted by Crippen LogP contribution is -2.42. The van der Waals surface area contributed by atoms with Crippen LogP contribution in [0.15, 0.2) is 18.2 Å². The Balaban J connectivity index is 2.28. The van der Waals surface area contributed by atoms with Gasteiger partial charge in [-0.05, 0) is 38.3 Å². The maximum absolute atomic E-state index is 12.4. The molecule has 1 atom stereocenters. The van der Waals surface area contributed by atoms with Crippen molar-refractivity contribution in [2.24, 2.45) is 0 Å². The molecule has 1 unspecified atom stereocenters. The third-order valence-corrected chi connectivity index (χ3v) is 3.51. The minimum Gasteiger partial charge on any atom is -0.504 e. The number of amides is 1. The lowest BCUT2D eigenvalue weighted by atomic mass is 10.0. The van der Waals surface area contributed by atoms with Gasteiger partial charge in [-0.25, -0.2) is 0 Å². The number of para-hydroxylation sites is 1. The number of piperidine rings is 1. The topological polar surface area (TPSA) is 49.8 Å². The maximum Gasteiger partial charge on any atom is 0.257 e. The van der Waals surface area contributed by atoms with Crippen LogP contribution in [-0.2, 0) is 0 Å². The Morgan fingerprint density at radius 1 is 1.44 bits per heavy atom.